The predicted molar refractivity (Wildman–Crippen MR) is 80.0 cm³/mol. The monoisotopic (exact) mass is 270 g/mol. The zero-order chi connectivity index (χ0) is 13.7. The second-order valence-corrected chi connectivity index (χ2v) is 6.45. The van der Waals surface area contributed by atoms with Crippen molar-refractivity contribution in [3.8, 4) is 5.75 Å². The molecule has 1 saturated heterocycles. The van der Waals surface area contributed by atoms with Gasteiger partial charge in [0.2, 0.25) is 0 Å². The highest BCUT2D eigenvalue weighted by Crippen LogP contribution is 2.53. The molecule has 0 bridgehead atoms. The van der Waals surface area contributed by atoms with Crippen LogP contribution in [0.2, 0.25) is 0 Å². The third-order valence-corrected chi connectivity index (χ3v) is 5.54. The molecule has 4 atom stereocenters. The van der Waals surface area contributed by atoms with Crippen molar-refractivity contribution in [3.05, 3.63) is 34.9 Å². The lowest BCUT2D eigenvalue weighted by Crippen LogP contribution is -2.36. The van der Waals surface area contributed by atoms with Crippen molar-refractivity contribution < 1.29 is 9.47 Å². The third kappa shape index (κ3) is 1.74. The average molecular weight is 270 g/mol. The van der Waals surface area contributed by atoms with Gasteiger partial charge < -0.3 is 9.47 Å². The zero-order valence-corrected chi connectivity index (χ0v) is 12.3. The van der Waals surface area contributed by atoms with Gasteiger partial charge in [-0.15, -0.1) is 0 Å². The number of hydrogen-bond acceptors (Lipinski definition) is 2. The van der Waals surface area contributed by atoms with Crippen molar-refractivity contribution in [2.75, 3.05) is 13.7 Å². The molecule has 20 heavy (non-hydrogen) atoms. The number of benzene rings is 1. The topological polar surface area (TPSA) is 18.5 Å². The van der Waals surface area contributed by atoms with E-state index in [0.29, 0.717) is 23.9 Å². The predicted octanol–water partition coefficient (Wildman–Crippen LogP) is 4.01. The summed E-state index contributed by atoms with van der Waals surface area (Å²) >= 11 is 0. The van der Waals surface area contributed by atoms with E-state index in [1.165, 1.54) is 30.4 Å². The lowest BCUT2D eigenvalue weighted by Gasteiger charge is -2.43. The lowest BCUT2D eigenvalue weighted by atomic mass is 9.62. The minimum atomic E-state index is 0.487. The molecule has 0 amide bonds. The summed E-state index contributed by atoms with van der Waals surface area (Å²) in [5.41, 5.74) is 4.43. The SMILES string of the molecule is COc1ccc2c(c1)C1C(CCC3OCCC31)C(C)=C2. The van der Waals surface area contributed by atoms with Crippen LogP contribution in [0, 0.1) is 11.8 Å². The van der Waals surface area contributed by atoms with Gasteiger partial charge in [-0.25, -0.2) is 0 Å². The van der Waals surface area contributed by atoms with E-state index in [1.807, 2.05) is 0 Å². The number of fused-ring (bicyclic) bond motifs is 5. The molecule has 0 radical (unpaired) electrons. The van der Waals surface area contributed by atoms with Crippen molar-refractivity contribution in [1.29, 1.82) is 0 Å². The summed E-state index contributed by atoms with van der Waals surface area (Å²) in [6, 6.07) is 6.55. The van der Waals surface area contributed by atoms with E-state index in [1.54, 1.807) is 12.7 Å². The third-order valence-electron chi connectivity index (χ3n) is 5.54. The van der Waals surface area contributed by atoms with Crippen LogP contribution in [0.1, 0.15) is 43.2 Å². The standard InChI is InChI=1S/C18H22O2/c1-11-9-12-3-4-13(19-2)10-16(12)18-14(11)5-6-17-15(18)7-8-20-17/h3-4,9-10,14-15,17-18H,5-8H2,1-2H3. The van der Waals surface area contributed by atoms with Crippen LogP contribution in [0.5, 0.6) is 5.75 Å². The molecule has 2 aliphatic carbocycles. The minimum absolute atomic E-state index is 0.487. The van der Waals surface area contributed by atoms with Crippen LogP contribution in [0.4, 0.5) is 0 Å². The molecule has 4 rings (SSSR count). The van der Waals surface area contributed by atoms with Gasteiger partial charge in [0.15, 0.2) is 0 Å². The van der Waals surface area contributed by atoms with Gasteiger partial charge in [-0.1, -0.05) is 17.7 Å². The van der Waals surface area contributed by atoms with Gasteiger partial charge >= 0.3 is 0 Å². The summed E-state index contributed by atoms with van der Waals surface area (Å²) in [6.45, 7) is 3.25. The molecule has 2 heteroatoms. The average Bonchev–Trinajstić information content (AvgIpc) is 2.95. The number of ether oxygens (including phenoxy) is 2. The van der Waals surface area contributed by atoms with Gasteiger partial charge in [0.1, 0.15) is 5.75 Å². The fourth-order valence-electron chi connectivity index (χ4n) is 4.61. The molecule has 106 valence electrons. The summed E-state index contributed by atoms with van der Waals surface area (Å²) in [4.78, 5) is 0. The van der Waals surface area contributed by atoms with Gasteiger partial charge in [-0.05, 0) is 67.2 Å². The van der Waals surface area contributed by atoms with Gasteiger partial charge in [-0.3, -0.25) is 0 Å². The number of rotatable bonds is 1. The van der Waals surface area contributed by atoms with Crippen LogP contribution in [0.15, 0.2) is 23.8 Å². The largest absolute Gasteiger partial charge is 0.497 e. The van der Waals surface area contributed by atoms with E-state index in [0.717, 1.165) is 12.4 Å². The van der Waals surface area contributed by atoms with Crippen molar-refractivity contribution in [1.82, 2.24) is 0 Å². The highest BCUT2D eigenvalue weighted by molar-refractivity contribution is 5.63. The van der Waals surface area contributed by atoms with E-state index < -0.39 is 0 Å². The first-order chi connectivity index (χ1) is 9.78. The minimum Gasteiger partial charge on any atom is -0.497 e. The van der Waals surface area contributed by atoms with E-state index in [2.05, 4.69) is 31.2 Å². The molecule has 1 aromatic rings. The molecule has 0 N–H and O–H groups in total. The Morgan fingerprint density at radius 2 is 2.10 bits per heavy atom. The molecular formula is C18H22O2. The molecule has 1 heterocycles. The first-order valence-corrected chi connectivity index (χ1v) is 7.75. The van der Waals surface area contributed by atoms with Crippen molar-refractivity contribution >= 4 is 6.08 Å². The fraction of sp³-hybridized carbons (Fsp3) is 0.556. The molecule has 1 aromatic carbocycles. The molecule has 1 saturated carbocycles. The molecule has 3 aliphatic rings. The van der Waals surface area contributed by atoms with Crippen LogP contribution < -0.4 is 4.74 Å². The molecule has 1 aliphatic heterocycles. The first-order valence-electron chi connectivity index (χ1n) is 7.75. The van der Waals surface area contributed by atoms with E-state index in [4.69, 9.17) is 9.47 Å². The quantitative estimate of drug-likeness (QED) is 0.767. The molecule has 0 aromatic heterocycles. The second kappa shape index (κ2) is 4.63. The van der Waals surface area contributed by atoms with Crippen molar-refractivity contribution in [2.24, 2.45) is 11.8 Å². The van der Waals surface area contributed by atoms with Crippen molar-refractivity contribution in [3.63, 3.8) is 0 Å². The maximum atomic E-state index is 5.96. The smallest absolute Gasteiger partial charge is 0.119 e. The fourth-order valence-corrected chi connectivity index (χ4v) is 4.61. The number of methoxy groups -OCH3 is 1. The van der Waals surface area contributed by atoms with Gasteiger partial charge in [-0.2, -0.15) is 0 Å². The Balaban J connectivity index is 1.83. The Labute approximate surface area is 120 Å². The lowest BCUT2D eigenvalue weighted by molar-refractivity contribution is 0.0455. The molecular weight excluding hydrogens is 248 g/mol. The Hall–Kier alpha value is -1.28. The first kappa shape index (κ1) is 12.5. The molecule has 0 spiro atoms. The molecule has 2 fully saturated rings. The normalized spacial score (nSPS) is 34.8. The summed E-state index contributed by atoms with van der Waals surface area (Å²) in [5, 5.41) is 0. The maximum absolute atomic E-state index is 5.96. The van der Waals surface area contributed by atoms with Crippen LogP contribution in [0.3, 0.4) is 0 Å². The van der Waals surface area contributed by atoms with E-state index in [-0.39, 0.29) is 0 Å². The highest BCUT2D eigenvalue weighted by Gasteiger charge is 2.45. The van der Waals surface area contributed by atoms with Crippen LogP contribution in [-0.2, 0) is 4.74 Å². The number of allylic oxidation sites excluding steroid dienone is 1. The Kier molecular flexibility index (Phi) is 2.88. The van der Waals surface area contributed by atoms with Crippen molar-refractivity contribution in [2.45, 2.75) is 38.2 Å². The van der Waals surface area contributed by atoms with E-state index >= 15 is 0 Å². The summed E-state index contributed by atoms with van der Waals surface area (Å²) in [6.07, 6.45) is 6.59. The molecule has 2 nitrogen and oxygen atoms in total. The summed E-state index contributed by atoms with van der Waals surface area (Å²) in [5.74, 6) is 3.02. The summed E-state index contributed by atoms with van der Waals surface area (Å²) < 4.78 is 11.4. The van der Waals surface area contributed by atoms with Gasteiger partial charge in [0.25, 0.3) is 0 Å². The van der Waals surface area contributed by atoms with Crippen LogP contribution in [0.25, 0.3) is 6.08 Å². The van der Waals surface area contributed by atoms with E-state index in [9.17, 15) is 0 Å². The highest BCUT2D eigenvalue weighted by atomic mass is 16.5. The summed E-state index contributed by atoms with van der Waals surface area (Å²) in [7, 11) is 1.76. The van der Waals surface area contributed by atoms with Gasteiger partial charge in [0, 0.05) is 6.61 Å². The Morgan fingerprint density at radius 3 is 2.95 bits per heavy atom. The van der Waals surface area contributed by atoms with Crippen LogP contribution in [-0.4, -0.2) is 19.8 Å². The Bertz CT molecular complexity index is 561. The van der Waals surface area contributed by atoms with Gasteiger partial charge in [0.05, 0.1) is 13.2 Å². The Morgan fingerprint density at radius 1 is 1.20 bits per heavy atom. The second-order valence-electron chi connectivity index (χ2n) is 6.45. The zero-order valence-electron chi connectivity index (χ0n) is 12.3. The van der Waals surface area contributed by atoms with Crippen LogP contribution >= 0.6 is 0 Å². The molecule has 4 unspecified atom stereocenters. The number of hydrogen-bond donors (Lipinski definition) is 0. The maximum Gasteiger partial charge on any atom is 0.119 e.